The van der Waals surface area contributed by atoms with Gasteiger partial charge in [-0.1, -0.05) is 12.1 Å². The lowest BCUT2D eigenvalue weighted by Gasteiger charge is -2.28. The monoisotopic (exact) mass is 362 g/mol. The first kappa shape index (κ1) is 17.5. The Morgan fingerprint density at radius 1 is 1.32 bits per heavy atom. The largest absolute Gasteiger partial charge is 0.497 e. The Labute approximate surface area is 149 Å². The van der Waals surface area contributed by atoms with E-state index in [4.69, 9.17) is 9.47 Å². The Hall–Kier alpha value is -2.32. The number of benzene rings is 1. The zero-order valence-electron chi connectivity index (χ0n) is 13.8. The molecule has 0 bridgehead atoms. The summed E-state index contributed by atoms with van der Waals surface area (Å²) in [5.41, 5.74) is 0.754. The molecule has 0 N–H and O–H groups in total. The van der Waals surface area contributed by atoms with Crippen LogP contribution < -0.4 is 4.74 Å². The van der Waals surface area contributed by atoms with Crippen molar-refractivity contribution >= 4 is 34.9 Å². The molecule has 132 valence electrons. The van der Waals surface area contributed by atoms with Gasteiger partial charge in [-0.15, -0.1) is 0 Å². The second kappa shape index (κ2) is 7.71. The van der Waals surface area contributed by atoms with Crippen molar-refractivity contribution in [1.29, 1.82) is 0 Å². The van der Waals surface area contributed by atoms with Gasteiger partial charge >= 0.3 is 0 Å². The minimum absolute atomic E-state index is 0.236. The van der Waals surface area contributed by atoms with Crippen LogP contribution in [-0.2, 0) is 14.3 Å². The quantitative estimate of drug-likeness (QED) is 0.757. The normalized spacial score (nSPS) is 19.6. The van der Waals surface area contributed by atoms with Crippen molar-refractivity contribution in [3.05, 3.63) is 34.7 Å². The van der Waals surface area contributed by atoms with E-state index in [0.717, 1.165) is 22.2 Å². The predicted molar refractivity (Wildman–Crippen MR) is 93.1 cm³/mol. The molecule has 0 saturated carbocycles. The van der Waals surface area contributed by atoms with Gasteiger partial charge in [0, 0.05) is 13.1 Å². The van der Waals surface area contributed by atoms with E-state index in [-0.39, 0.29) is 12.5 Å². The van der Waals surface area contributed by atoms with Crippen LogP contribution in [0.4, 0.5) is 4.79 Å². The maximum Gasteiger partial charge on any atom is 0.294 e. The van der Waals surface area contributed by atoms with Gasteiger partial charge in [-0.2, -0.15) is 0 Å². The van der Waals surface area contributed by atoms with E-state index < -0.39 is 11.1 Å². The van der Waals surface area contributed by atoms with Gasteiger partial charge < -0.3 is 14.4 Å². The second-order valence-corrected chi connectivity index (χ2v) is 6.53. The summed E-state index contributed by atoms with van der Waals surface area (Å²) in [5.74, 6) is -0.0249. The molecule has 1 aromatic carbocycles. The molecular weight excluding hydrogens is 344 g/mol. The Bertz CT molecular complexity index is 728. The third-order valence-electron chi connectivity index (χ3n) is 3.92. The molecule has 1 aromatic rings. The van der Waals surface area contributed by atoms with Crippen LogP contribution in [0.25, 0.3) is 6.08 Å². The van der Waals surface area contributed by atoms with Gasteiger partial charge in [0.25, 0.3) is 11.1 Å². The highest BCUT2D eigenvalue weighted by Gasteiger charge is 2.37. The third-order valence-corrected chi connectivity index (χ3v) is 4.83. The summed E-state index contributed by atoms with van der Waals surface area (Å²) >= 11 is 0.841. The van der Waals surface area contributed by atoms with Crippen LogP contribution in [0.15, 0.2) is 29.2 Å². The number of carbonyl (C=O) groups excluding carboxylic acids is 3. The van der Waals surface area contributed by atoms with E-state index in [2.05, 4.69) is 0 Å². The van der Waals surface area contributed by atoms with Gasteiger partial charge in [0.1, 0.15) is 12.3 Å². The number of imide groups is 1. The number of morpholine rings is 1. The van der Waals surface area contributed by atoms with E-state index in [1.54, 1.807) is 36.3 Å². The Morgan fingerprint density at radius 2 is 2.08 bits per heavy atom. The van der Waals surface area contributed by atoms with Crippen LogP contribution in [0.3, 0.4) is 0 Å². The van der Waals surface area contributed by atoms with Gasteiger partial charge in [-0.25, -0.2) is 0 Å². The summed E-state index contributed by atoms with van der Waals surface area (Å²) in [5, 5.41) is -0.430. The van der Waals surface area contributed by atoms with Crippen molar-refractivity contribution < 1.29 is 23.9 Å². The number of carbonyl (C=O) groups is 3. The van der Waals surface area contributed by atoms with Crippen molar-refractivity contribution in [3.8, 4) is 5.75 Å². The topological polar surface area (TPSA) is 76.2 Å². The molecule has 0 spiro atoms. The molecule has 0 aliphatic carbocycles. The molecule has 3 amide bonds. The maximum absolute atomic E-state index is 12.5. The fourth-order valence-corrected chi connectivity index (χ4v) is 3.41. The van der Waals surface area contributed by atoms with Gasteiger partial charge in [0.15, 0.2) is 0 Å². The standard InChI is InChI=1S/C17H18N2O5S/c1-23-13-4-2-3-12(9-13)10-14-16(21)19(17(22)25-14)11-15(20)18-5-7-24-8-6-18/h2-4,9-10H,5-8,11H2,1H3/b14-10-. The Morgan fingerprint density at radius 3 is 2.80 bits per heavy atom. The zero-order valence-corrected chi connectivity index (χ0v) is 14.6. The lowest BCUT2D eigenvalue weighted by atomic mass is 10.2. The Balaban J connectivity index is 1.71. The molecule has 2 aliphatic heterocycles. The van der Waals surface area contributed by atoms with Crippen molar-refractivity contribution in [2.45, 2.75) is 0 Å². The first-order valence-electron chi connectivity index (χ1n) is 7.83. The average Bonchev–Trinajstić information content (AvgIpc) is 2.90. The molecule has 2 fully saturated rings. The lowest BCUT2D eigenvalue weighted by Crippen LogP contribution is -2.46. The molecule has 0 atom stereocenters. The van der Waals surface area contributed by atoms with E-state index in [1.807, 2.05) is 6.07 Å². The molecule has 3 rings (SSSR count). The molecule has 2 aliphatic rings. The maximum atomic E-state index is 12.5. The molecule has 8 heteroatoms. The van der Waals surface area contributed by atoms with E-state index in [9.17, 15) is 14.4 Å². The Kier molecular flexibility index (Phi) is 5.40. The number of methoxy groups -OCH3 is 1. The summed E-state index contributed by atoms with van der Waals surface area (Å²) in [7, 11) is 1.56. The summed E-state index contributed by atoms with van der Waals surface area (Å²) < 4.78 is 10.3. The molecule has 2 saturated heterocycles. The zero-order chi connectivity index (χ0) is 17.8. The highest BCUT2D eigenvalue weighted by Crippen LogP contribution is 2.32. The van der Waals surface area contributed by atoms with Crippen LogP contribution in [0.1, 0.15) is 5.56 Å². The average molecular weight is 362 g/mol. The summed E-state index contributed by atoms with van der Waals surface area (Å²) in [6.07, 6.45) is 1.63. The molecule has 0 unspecified atom stereocenters. The van der Waals surface area contributed by atoms with Crippen LogP contribution in [0.2, 0.25) is 0 Å². The number of rotatable bonds is 4. The summed E-state index contributed by atoms with van der Waals surface area (Å²) in [4.78, 5) is 39.8. The van der Waals surface area contributed by atoms with E-state index >= 15 is 0 Å². The highest BCUT2D eigenvalue weighted by atomic mass is 32.2. The number of thioether (sulfide) groups is 1. The number of amides is 3. The van der Waals surface area contributed by atoms with Crippen molar-refractivity contribution in [1.82, 2.24) is 9.80 Å². The van der Waals surface area contributed by atoms with Gasteiger partial charge in [-0.3, -0.25) is 19.3 Å². The SMILES string of the molecule is COc1cccc(/C=C2\SC(=O)N(CC(=O)N3CCOCC3)C2=O)c1. The first-order valence-corrected chi connectivity index (χ1v) is 8.65. The molecular formula is C17H18N2O5S. The predicted octanol–water partition coefficient (Wildman–Crippen LogP) is 1.59. The molecule has 7 nitrogen and oxygen atoms in total. The molecule has 0 aromatic heterocycles. The fourth-order valence-electron chi connectivity index (χ4n) is 2.57. The van der Waals surface area contributed by atoms with Gasteiger partial charge in [-0.05, 0) is 35.5 Å². The molecule has 2 heterocycles. The molecule has 0 radical (unpaired) electrons. The summed E-state index contributed by atoms with van der Waals surface area (Å²) in [6.45, 7) is 1.68. The van der Waals surface area contributed by atoms with Crippen LogP contribution in [0, 0.1) is 0 Å². The molecule has 25 heavy (non-hydrogen) atoms. The van der Waals surface area contributed by atoms with Crippen molar-refractivity contribution in [3.63, 3.8) is 0 Å². The van der Waals surface area contributed by atoms with Crippen LogP contribution in [-0.4, -0.2) is 66.8 Å². The van der Waals surface area contributed by atoms with Crippen molar-refractivity contribution in [2.24, 2.45) is 0 Å². The smallest absolute Gasteiger partial charge is 0.294 e. The fraction of sp³-hybridized carbons (Fsp3) is 0.353. The van der Waals surface area contributed by atoms with Gasteiger partial charge in [0.2, 0.25) is 5.91 Å². The minimum Gasteiger partial charge on any atom is -0.497 e. The number of nitrogens with zero attached hydrogens (tertiary/aromatic N) is 2. The van der Waals surface area contributed by atoms with Crippen LogP contribution >= 0.6 is 11.8 Å². The number of hydrogen-bond donors (Lipinski definition) is 0. The van der Waals surface area contributed by atoms with Gasteiger partial charge in [0.05, 0.1) is 25.2 Å². The number of ether oxygens (including phenoxy) is 2. The third kappa shape index (κ3) is 4.02. The lowest BCUT2D eigenvalue weighted by molar-refractivity contribution is -0.139. The summed E-state index contributed by atoms with van der Waals surface area (Å²) in [6, 6.07) is 7.18. The van der Waals surface area contributed by atoms with Crippen LogP contribution in [0.5, 0.6) is 5.75 Å². The minimum atomic E-state index is -0.445. The highest BCUT2D eigenvalue weighted by molar-refractivity contribution is 8.18. The first-order chi connectivity index (χ1) is 12.1. The van der Waals surface area contributed by atoms with E-state index in [1.165, 1.54) is 0 Å². The number of hydrogen-bond acceptors (Lipinski definition) is 6. The second-order valence-electron chi connectivity index (χ2n) is 5.54. The van der Waals surface area contributed by atoms with E-state index in [0.29, 0.717) is 37.0 Å². The van der Waals surface area contributed by atoms with Crippen molar-refractivity contribution in [2.75, 3.05) is 40.0 Å².